The Kier molecular flexibility index (Phi) is 6.88. The van der Waals surface area contributed by atoms with Crippen LogP contribution in [0.4, 0.5) is 5.69 Å². The Morgan fingerprint density at radius 1 is 1.21 bits per heavy atom. The van der Waals surface area contributed by atoms with Crippen LogP contribution in [0.25, 0.3) is 0 Å². The molecule has 0 aromatic heterocycles. The van der Waals surface area contributed by atoms with Crippen LogP contribution in [0.1, 0.15) is 41.3 Å². The number of benzene rings is 2. The third-order valence-electron chi connectivity index (χ3n) is 4.96. The van der Waals surface area contributed by atoms with Gasteiger partial charge in [0.1, 0.15) is 5.75 Å². The molecule has 1 fully saturated rings. The molecule has 3 rings (SSSR count). The molecular weight excluding hydrogens is 368 g/mol. The lowest BCUT2D eigenvalue weighted by Gasteiger charge is -2.18. The van der Waals surface area contributed by atoms with Crippen LogP contribution in [-0.2, 0) is 9.53 Å². The van der Waals surface area contributed by atoms with E-state index in [-0.39, 0.29) is 17.9 Å². The van der Waals surface area contributed by atoms with Gasteiger partial charge in [-0.05, 0) is 62.9 Å². The highest BCUT2D eigenvalue weighted by molar-refractivity contribution is 6.04. The molecule has 6 nitrogen and oxygen atoms in total. The van der Waals surface area contributed by atoms with Crippen molar-refractivity contribution in [2.24, 2.45) is 0 Å². The van der Waals surface area contributed by atoms with Crippen LogP contribution >= 0.6 is 0 Å². The van der Waals surface area contributed by atoms with Gasteiger partial charge in [0, 0.05) is 13.2 Å². The molecule has 6 heteroatoms. The van der Waals surface area contributed by atoms with Gasteiger partial charge >= 0.3 is 0 Å². The zero-order chi connectivity index (χ0) is 20.8. The molecule has 29 heavy (non-hydrogen) atoms. The van der Waals surface area contributed by atoms with Crippen molar-refractivity contribution >= 4 is 17.5 Å². The predicted octanol–water partition coefficient (Wildman–Crippen LogP) is 3.62. The van der Waals surface area contributed by atoms with Gasteiger partial charge in [-0.25, -0.2) is 0 Å². The Morgan fingerprint density at radius 3 is 2.76 bits per heavy atom. The summed E-state index contributed by atoms with van der Waals surface area (Å²) in [7, 11) is 0. The van der Waals surface area contributed by atoms with Gasteiger partial charge < -0.3 is 20.1 Å². The van der Waals surface area contributed by atoms with E-state index in [0.29, 0.717) is 23.5 Å². The lowest BCUT2D eigenvalue weighted by molar-refractivity contribution is -0.122. The van der Waals surface area contributed by atoms with Crippen LogP contribution in [0.3, 0.4) is 0 Å². The van der Waals surface area contributed by atoms with E-state index in [1.807, 2.05) is 32.0 Å². The normalized spacial score (nSPS) is 16.9. The quantitative estimate of drug-likeness (QED) is 0.749. The van der Waals surface area contributed by atoms with E-state index in [4.69, 9.17) is 9.47 Å². The first kappa shape index (κ1) is 20.9. The molecular formula is C23H28N2O4. The number of hydrogen-bond donors (Lipinski definition) is 2. The van der Waals surface area contributed by atoms with Crippen molar-refractivity contribution < 1.29 is 19.1 Å². The van der Waals surface area contributed by atoms with Crippen molar-refractivity contribution in [1.29, 1.82) is 0 Å². The van der Waals surface area contributed by atoms with E-state index < -0.39 is 6.10 Å². The van der Waals surface area contributed by atoms with Crippen LogP contribution in [0, 0.1) is 13.8 Å². The first-order valence-corrected chi connectivity index (χ1v) is 9.97. The number of rotatable bonds is 7. The molecule has 1 saturated heterocycles. The number of nitrogens with one attached hydrogen (secondary N) is 2. The number of carbonyl (C=O) groups excluding carboxylic acids is 2. The molecule has 2 aromatic carbocycles. The minimum Gasteiger partial charge on any atom is -0.481 e. The summed E-state index contributed by atoms with van der Waals surface area (Å²) >= 11 is 0. The third kappa shape index (κ3) is 5.57. The van der Waals surface area contributed by atoms with Gasteiger partial charge in [-0.3, -0.25) is 9.59 Å². The Bertz CT molecular complexity index is 875. The topological polar surface area (TPSA) is 76.7 Å². The average Bonchev–Trinajstić information content (AvgIpc) is 3.23. The summed E-state index contributed by atoms with van der Waals surface area (Å²) in [5.41, 5.74) is 2.90. The van der Waals surface area contributed by atoms with Gasteiger partial charge in [0.2, 0.25) is 0 Å². The fraction of sp³-hybridized carbons (Fsp3) is 0.391. The maximum atomic E-state index is 12.7. The van der Waals surface area contributed by atoms with Gasteiger partial charge in [0.05, 0.1) is 17.4 Å². The van der Waals surface area contributed by atoms with Crippen LogP contribution in [0.15, 0.2) is 42.5 Å². The van der Waals surface area contributed by atoms with E-state index in [2.05, 4.69) is 10.6 Å². The summed E-state index contributed by atoms with van der Waals surface area (Å²) in [5.74, 6) is 0.125. The maximum Gasteiger partial charge on any atom is 0.265 e. The maximum absolute atomic E-state index is 12.7. The summed E-state index contributed by atoms with van der Waals surface area (Å²) in [6.45, 7) is 6.81. The molecule has 2 N–H and O–H groups in total. The average molecular weight is 396 g/mol. The van der Waals surface area contributed by atoms with Gasteiger partial charge in [-0.2, -0.15) is 0 Å². The Balaban J connectivity index is 1.63. The Morgan fingerprint density at radius 2 is 2.00 bits per heavy atom. The van der Waals surface area contributed by atoms with E-state index in [0.717, 1.165) is 30.6 Å². The molecule has 0 spiro atoms. The second kappa shape index (κ2) is 9.56. The van der Waals surface area contributed by atoms with E-state index in [1.165, 1.54) is 0 Å². The van der Waals surface area contributed by atoms with E-state index in [9.17, 15) is 9.59 Å². The lowest BCUT2D eigenvalue weighted by Crippen LogP contribution is -2.34. The minimum atomic E-state index is -0.710. The van der Waals surface area contributed by atoms with Gasteiger partial charge in [-0.1, -0.05) is 24.3 Å². The summed E-state index contributed by atoms with van der Waals surface area (Å²) in [6, 6.07) is 12.8. The van der Waals surface area contributed by atoms with Crippen molar-refractivity contribution in [2.45, 2.75) is 45.8 Å². The SMILES string of the molecule is Cc1ccc(C)c(OC(C)C(=O)Nc2ccccc2C(=O)NCC2CCCO2)c1. The standard InChI is InChI=1S/C23H28N2O4/c1-15-10-11-16(2)21(13-15)29-17(3)22(26)25-20-9-5-4-8-19(20)23(27)24-14-18-7-6-12-28-18/h4-5,8-11,13,17-18H,6-7,12,14H2,1-3H3,(H,24,27)(H,25,26). The molecule has 0 radical (unpaired) electrons. The van der Waals surface area contributed by atoms with Crippen molar-refractivity contribution in [3.8, 4) is 5.75 Å². The highest BCUT2D eigenvalue weighted by atomic mass is 16.5. The van der Waals surface area contributed by atoms with Crippen molar-refractivity contribution in [3.05, 3.63) is 59.2 Å². The monoisotopic (exact) mass is 396 g/mol. The zero-order valence-corrected chi connectivity index (χ0v) is 17.2. The fourth-order valence-electron chi connectivity index (χ4n) is 3.21. The van der Waals surface area contributed by atoms with Crippen LogP contribution < -0.4 is 15.4 Å². The first-order chi connectivity index (χ1) is 13.9. The molecule has 0 saturated carbocycles. The minimum absolute atomic E-state index is 0.0618. The Hall–Kier alpha value is -2.86. The van der Waals surface area contributed by atoms with Crippen molar-refractivity contribution in [3.63, 3.8) is 0 Å². The molecule has 2 amide bonds. The van der Waals surface area contributed by atoms with Gasteiger partial charge in [0.25, 0.3) is 11.8 Å². The number of ether oxygens (including phenoxy) is 2. The largest absolute Gasteiger partial charge is 0.481 e. The summed E-state index contributed by atoms with van der Waals surface area (Å²) in [6.07, 6.45) is 1.32. The van der Waals surface area contributed by atoms with Crippen LogP contribution in [-0.4, -0.2) is 37.2 Å². The summed E-state index contributed by atoms with van der Waals surface area (Å²) < 4.78 is 11.4. The number of carbonyl (C=O) groups is 2. The van der Waals surface area contributed by atoms with Crippen molar-refractivity contribution in [2.75, 3.05) is 18.5 Å². The molecule has 1 aliphatic rings. The zero-order valence-electron chi connectivity index (χ0n) is 17.2. The molecule has 2 atom stereocenters. The summed E-state index contributed by atoms with van der Waals surface area (Å²) in [4.78, 5) is 25.3. The van der Waals surface area contributed by atoms with Gasteiger partial charge in [0.15, 0.2) is 6.10 Å². The number of anilines is 1. The van der Waals surface area contributed by atoms with Gasteiger partial charge in [-0.15, -0.1) is 0 Å². The smallest absolute Gasteiger partial charge is 0.265 e. The molecule has 154 valence electrons. The molecule has 2 aromatic rings. The van der Waals surface area contributed by atoms with E-state index in [1.54, 1.807) is 31.2 Å². The van der Waals surface area contributed by atoms with Crippen LogP contribution in [0.5, 0.6) is 5.75 Å². The highest BCUT2D eigenvalue weighted by Gasteiger charge is 2.21. The first-order valence-electron chi connectivity index (χ1n) is 9.97. The van der Waals surface area contributed by atoms with Crippen LogP contribution in [0.2, 0.25) is 0 Å². The number of hydrogen-bond acceptors (Lipinski definition) is 4. The summed E-state index contributed by atoms with van der Waals surface area (Å²) in [5, 5.41) is 5.71. The number of amides is 2. The highest BCUT2D eigenvalue weighted by Crippen LogP contribution is 2.22. The second-order valence-electron chi connectivity index (χ2n) is 7.41. The lowest BCUT2D eigenvalue weighted by atomic mass is 10.1. The predicted molar refractivity (Wildman–Crippen MR) is 112 cm³/mol. The molecule has 1 heterocycles. The fourth-order valence-corrected chi connectivity index (χ4v) is 3.21. The number of aryl methyl sites for hydroxylation is 2. The van der Waals surface area contributed by atoms with E-state index >= 15 is 0 Å². The number of para-hydroxylation sites is 1. The molecule has 0 bridgehead atoms. The molecule has 0 aliphatic carbocycles. The Labute approximate surface area is 171 Å². The second-order valence-corrected chi connectivity index (χ2v) is 7.41. The van der Waals surface area contributed by atoms with Crippen molar-refractivity contribution in [1.82, 2.24) is 5.32 Å². The third-order valence-corrected chi connectivity index (χ3v) is 4.96. The molecule has 1 aliphatic heterocycles. The molecule has 2 unspecified atom stereocenters.